The van der Waals surface area contributed by atoms with Crippen molar-refractivity contribution in [3.8, 4) is 0 Å². The van der Waals surface area contributed by atoms with Gasteiger partial charge in [0.05, 0.1) is 32.0 Å². The average molecular weight is 822 g/mol. The highest BCUT2D eigenvalue weighted by Crippen LogP contribution is 2.30. The molecule has 4 unspecified atom stereocenters. The fourth-order valence-electron chi connectivity index (χ4n) is 7.76. The summed E-state index contributed by atoms with van der Waals surface area (Å²) in [6.07, 6.45) is 11.1. The van der Waals surface area contributed by atoms with E-state index in [-0.39, 0.29) is 12.5 Å². The Morgan fingerprint density at radius 3 is 1.49 bits per heavy atom. The van der Waals surface area contributed by atoms with Gasteiger partial charge in [0.1, 0.15) is 48.8 Å². The number of carbonyl (C=O) groups excluding carboxylic acids is 1. The number of nitrogens with one attached hydrogen (secondary N) is 1. The Morgan fingerprint density at radius 1 is 0.561 bits per heavy atom. The van der Waals surface area contributed by atoms with E-state index in [4.69, 9.17) is 18.9 Å². The van der Waals surface area contributed by atoms with Crippen molar-refractivity contribution in [3.63, 3.8) is 0 Å². The number of carbonyl (C=O) groups is 1. The van der Waals surface area contributed by atoms with Gasteiger partial charge in [-0.3, -0.25) is 4.79 Å². The van der Waals surface area contributed by atoms with Gasteiger partial charge < -0.3 is 65.1 Å². The first kappa shape index (κ1) is 52.1. The maximum atomic E-state index is 13.1. The molecule has 338 valence electrons. The first-order chi connectivity index (χ1) is 27.6. The largest absolute Gasteiger partial charge is 0.394 e. The van der Waals surface area contributed by atoms with E-state index in [0.29, 0.717) is 12.8 Å². The van der Waals surface area contributed by atoms with E-state index in [9.17, 15) is 45.6 Å². The second-order valence-corrected chi connectivity index (χ2v) is 16.5. The Bertz CT molecular complexity index is 977. The number of hydrogen-bond donors (Lipinski definition) is 9. The van der Waals surface area contributed by atoms with E-state index in [2.05, 4.69) is 19.2 Å². The third-order valence-corrected chi connectivity index (χ3v) is 11.6. The molecule has 0 spiro atoms. The SMILES string of the molecule is CCCCCCCCCCCCCC[C@@H](O)[C@H](CO[C@@H]1O[C@H](CO)[C@@H](O[C@@H]2O[C@H](CO)[C@H](O)C(O)C2O)C(O)C1O)NC(=O)CCCCCCCCCCCCC. The molecule has 0 aromatic heterocycles. The van der Waals surface area contributed by atoms with E-state index >= 15 is 0 Å². The standard InChI is InChI=1S/C43H83NO13/c1-3-5-7-9-11-13-15-17-18-20-22-24-26-32(47)31(44-35(48)27-25-23-21-19-16-14-12-10-8-6-4-2)30-54-42-40(53)38(51)41(34(29-46)56-42)57-43-39(52)37(50)36(49)33(28-45)55-43/h31-34,36-43,45-47,49-53H,3-30H2,1-2H3,(H,44,48)/t31-,32+,33+,34+,36-,37?,38?,39?,40?,41+,42+,43-/m0/s1. The van der Waals surface area contributed by atoms with E-state index in [1.165, 1.54) is 96.3 Å². The Labute approximate surface area is 343 Å². The van der Waals surface area contributed by atoms with Crippen LogP contribution in [0, 0.1) is 0 Å². The van der Waals surface area contributed by atoms with Crippen molar-refractivity contribution in [3.05, 3.63) is 0 Å². The summed E-state index contributed by atoms with van der Waals surface area (Å²) in [5.41, 5.74) is 0. The Kier molecular flexibility index (Phi) is 29.1. The minimum Gasteiger partial charge on any atom is -0.394 e. The van der Waals surface area contributed by atoms with Crippen LogP contribution in [0.15, 0.2) is 0 Å². The highest BCUT2D eigenvalue weighted by Gasteiger charge is 2.51. The molecule has 0 bridgehead atoms. The quantitative estimate of drug-likeness (QED) is 0.0414. The normalized spacial score (nSPS) is 29.0. The minimum absolute atomic E-state index is 0.209. The van der Waals surface area contributed by atoms with Gasteiger partial charge in [0, 0.05) is 6.42 Å². The van der Waals surface area contributed by atoms with E-state index in [0.717, 1.165) is 51.4 Å². The van der Waals surface area contributed by atoms with Crippen LogP contribution in [-0.4, -0.2) is 140 Å². The second kappa shape index (κ2) is 31.8. The van der Waals surface area contributed by atoms with E-state index in [1.807, 2.05) is 0 Å². The number of ether oxygens (including phenoxy) is 4. The molecule has 0 aliphatic carbocycles. The van der Waals surface area contributed by atoms with Crippen LogP contribution in [0.1, 0.15) is 174 Å². The van der Waals surface area contributed by atoms with Gasteiger partial charge in [-0.2, -0.15) is 0 Å². The van der Waals surface area contributed by atoms with Crippen LogP contribution in [0.2, 0.25) is 0 Å². The minimum atomic E-state index is -1.78. The fraction of sp³-hybridized carbons (Fsp3) is 0.977. The third kappa shape index (κ3) is 20.4. The number of aliphatic hydroxyl groups is 8. The van der Waals surface area contributed by atoms with Gasteiger partial charge in [0.25, 0.3) is 0 Å². The molecule has 0 radical (unpaired) electrons. The molecule has 2 saturated heterocycles. The van der Waals surface area contributed by atoms with Crippen molar-refractivity contribution in [2.75, 3.05) is 19.8 Å². The lowest BCUT2D eigenvalue weighted by Crippen LogP contribution is -2.65. The summed E-state index contributed by atoms with van der Waals surface area (Å²) in [6.45, 7) is 2.81. The maximum Gasteiger partial charge on any atom is 0.220 e. The van der Waals surface area contributed by atoms with Crippen molar-refractivity contribution in [1.82, 2.24) is 5.32 Å². The molecule has 14 nitrogen and oxygen atoms in total. The predicted molar refractivity (Wildman–Crippen MR) is 217 cm³/mol. The molecule has 0 aromatic carbocycles. The molecule has 12 atom stereocenters. The molecule has 1 amide bonds. The van der Waals surface area contributed by atoms with Crippen LogP contribution >= 0.6 is 0 Å². The van der Waals surface area contributed by atoms with Crippen LogP contribution in [0.5, 0.6) is 0 Å². The average Bonchev–Trinajstić information content (AvgIpc) is 3.21. The van der Waals surface area contributed by atoms with Crippen LogP contribution in [-0.2, 0) is 23.7 Å². The lowest BCUT2D eigenvalue weighted by molar-refractivity contribution is -0.359. The zero-order valence-electron chi connectivity index (χ0n) is 35.3. The number of rotatable bonds is 34. The first-order valence-electron chi connectivity index (χ1n) is 22.8. The molecule has 2 aliphatic heterocycles. The third-order valence-electron chi connectivity index (χ3n) is 11.6. The molecule has 2 rings (SSSR count). The number of amides is 1. The van der Waals surface area contributed by atoms with E-state index in [1.54, 1.807) is 0 Å². The van der Waals surface area contributed by atoms with Crippen molar-refractivity contribution < 1.29 is 64.6 Å². The molecule has 2 fully saturated rings. The zero-order valence-corrected chi connectivity index (χ0v) is 35.3. The van der Waals surface area contributed by atoms with Gasteiger partial charge in [0.2, 0.25) is 5.91 Å². The fourth-order valence-corrected chi connectivity index (χ4v) is 7.76. The summed E-state index contributed by atoms with van der Waals surface area (Å²) in [4.78, 5) is 13.1. The monoisotopic (exact) mass is 822 g/mol. The van der Waals surface area contributed by atoms with Crippen molar-refractivity contribution in [2.45, 2.75) is 248 Å². The molecule has 0 aromatic rings. The highest BCUT2D eigenvalue weighted by molar-refractivity contribution is 5.76. The van der Waals surface area contributed by atoms with Crippen molar-refractivity contribution in [1.29, 1.82) is 0 Å². The lowest BCUT2D eigenvalue weighted by Gasteiger charge is -2.46. The molecule has 9 N–H and O–H groups in total. The van der Waals surface area contributed by atoms with Gasteiger partial charge in [-0.25, -0.2) is 0 Å². The van der Waals surface area contributed by atoms with Crippen LogP contribution < -0.4 is 5.32 Å². The smallest absolute Gasteiger partial charge is 0.220 e. The van der Waals surface area contributed by atoms with Crippen LogP contribution in [0.25, 0.3) is 0 Å². The topological polar surface area (TPSA) is 228 Å². The van der Waals surface area contributed by atoms with Crippen molar-refractivity contribution in [2.24, 2.45) is 0 Å². The zero-order chi connectivity index (χ0) is 41.8. The summed E-state index contributed by atoms with van der Waals surface area (Å²) in [5, 5.41) is 86.5. The highest BCUT2D eigenvalue weighted by atomic mass is 16.7. The number of unbranched alkanes of at least 4 members (excludes halogenated alkanes) is 21. The van der Waals surface area contributed by atoms with Crippen LogP contribution in [0.3, 0.4) is 0 Å². The molecule has 0 saturated carbocycles. The maximum absolute atomic E-state index is 13.1. The summed E-state index contributed by atoms with van der Waals surface area (Å²) in [6, 6.07) is -0.818. The molecule has 2 aliphatic rings. The van der Waals surface area contributed by atoms with Gasteiger partial charge in [-0.05, 0) is 12.8 Å². The van der Waals surface area contributed by atoms with Crippen molar-refractivity contribution >= 4 is 5.91 Å². The number of hydrogen-bond acceptors (Lipinski definition) is 13. The predicted octanol–water partition coefficient (Wildman–Crippen LogP) is 4.27. The summed E-state index contributed by atoms with van der Waals surface area (Å²) in [7, 11) is 0. The summed E-state index contributed by atoms with van der Waals surface area (Å²) >= 11 is 0. The van der Waals surface area contributed by atoms with Gasteiger partial charge >= 0.3 is 0 Å². The Balaban J connectivity index is 1.89. The van der Waals surface area contributed by atoms with Gasteiger partial charge in [0.15, 0.2) is 12.6 Å². The molecular weight excluding hydrogens is 738 g/mol. The second-order valence-electron chi connectivity index (χ2n) is 16.5. The van der Waals surface area contributed by atoms with Crippen LogP contribution in [0.4, 0.5) is 0 Å². The Hall–Kier alpha value is -1.01. The summed E-state index contributed by atoms with van der Waals surface area (Å²) in [5.74, 6) is -0.209. The van der Waals surface area contributed by atoms with Gasteiger partial charge in [-0.1, -0.05) is 155 Å². The first-order valence-corrected chi connectivity index (χ1v) is 22.8. The molecule has 2 heterocycles. The molecule has 14 heteroatoms. The summed E-state index contributed by atoms with van der Waals surface area (Å²) < 4.78 is 22.7. The van der Waals surface area contributed by atoms with E-state index < -0.39 is 86.8 Å². The van der Waals surface area contributed by atoms with Gasteiger partial charge in [-0.15, -0.1) is 0 Å². The number of aliphatic hydroxyl groups excluding tert-OH is 8. The molecule has 57 heavy (non-hydrogen) atoms. The lowest BCUT2D eigenvalue weighted by atomic mass is 9.97. The molecular formula is C43H83NO13. The Morgan fingerprint density at radius 2 is 1.00 bits per heavy atom.